The van der Waals surface area contributed by atoms with Gasteiger partial charge in [-0.3, -0.25) is 4.68 Å². The van der Waals surface area contributed by atoms with Gasteiger partial charge in [0.1, 0.15) is 6.07 Å². The van der Waals surface area contributed by atoms with Crippen LogP contribution in [-0.4, -0.2) is 27.8 Å². The minimum absolute atomic E-state index is 0.267. The van der Waals surface area contributed by atoms with Gasteiger partial charge in [0.15, 0.2) is 0 Å². The molecule has 0 aliphatic carbocycles. The summed E-state index contributed by atoms with van der Waals surface area (Å²) in [5.74, 6) is 0. The monoisotopic (exact) mass is 269 g/mol. The Bertz CT molecular complexity index is 656. The second-order valence-electron chi connectivity index (χ2n) is 4.47. The van der Waals surface area contributed by atoms with E-state index in [0.717, 1.165) is 5.56 Å². The molecule has 1 aromatic carbocycles. The fourth-order valence-electron chi connectivity index (χ4n) is 1.80. The molecule has 2 amide bonds. The summed E-state index contributed by atoms with van der Waals surface area (Å²) in [4.78, 5) is 13.6. The highest BCUT2D eigenvalue weighted by Crippen LogP contribution is 2.14. The van der Waals surface area contributed by atoms with Gasteiger partial charge >= 0.3 is 6.03 Å². The summed E-state index contributed by atoms with van der Waals surface area (Å²) < 4.78 is 1.69. The van der Waals surface area contributed by atoms with E-state index < -0.39 is 0 Å². The average Bonchev–Trinajstić information content (AvgIpc) is 2.84. The second-order valence-corrected chi connectivity index (χ2v) is 4.47. The molecule has 0 saturated carbocycles. The van der Waals surface area contributed by atoms with Crippen LogP contribution in [0.1, 0.15) is 11.1 Å². The number of hydrogen-bond acceptors (Lipinski definition) is 3. The molecule has 1 aromatic heterocycles. The van der Waals surface area contributed by atoms with Crippen molar-refractivity contribution in [1.82, 2.24) is 14.7 Å². The van der Waals surface area contributed by atoms with Crippen molar-refractivity contribution in [3.63, 3.8) is 0 Å². The van der Waals surface area contributed by atoms with Crippen LogP contribution in [0, 0.1) is 11.3 Å². The normalized spacial score (nSPS) is 9.85. The number of para-hydroxylation sites is 1. The van der Waals surface area contributed by atoms with Crippen LogP contribution in [0.4, 0.5) is 10.5 Å². The fourth-order valence-corrected chi connectivity index (χ4v) is 1.80. The predicted molar refractivity (Wildman–Crippen MR) is 74.9 cm³/mol. The number of nitrogens with zero attached hydrogens (tertiary/aromatic N) is 4. The van der Waals surface area contributed by atoms with Crippen LogP contribution in [-0.2, 0) is 13.6 Å². The van der Waals surface area contributed by atoms with E-state index in [4.69, 9.17) is 5.26 Å². The Morgan fingerprint density at radius 3 is 2.90 bits per heavy atom. The van der Waals surface area contributed by atoms with Crippen molar-refractivity contribution >= 4 is 11.7 Å². The number of aryl methyl sites for hydroxylation is 1. The summed E-state index contributed by atoms with van der Waals surface area (Å²) >= 11 is 0. The van der Waals surface area contributed by atoms with Crippen LogP contribution >= 0.6 is 0 Å². The van der Waals surface area contributed by atoms with Crippen LogP contribution < -0.4 is 5.32 Å². The molecule has 0 fully saturated rings. The molecule has 6 nitrogen and oxygen atoms in total. The number of amides is 2. The van der Waals surface area contributed by atoms with Gasteiger partial charge in [0.25, 0.3) is 0 Å². The first-order valence-corrected chi connectivity index (χ1v) is 6.09. The molecule has 0 aliphatic heterocycles. The molecule has 2 rings (SSSR count). The Morgan fingerprint density at radius 2 is 2.25 bits per heavy atom. The van der Waals surface area contributed by atoms with E-state index in [-0.39, 0.29) is 6.03 Å². The summed E-state index contributed by atoms with van der Waals surface area (Å²) in [6.45, 7) is 0.453. The number of carbonyl (C=O) groups excluding carboxylic acids is 1. The molecule has 0 saturated heterocycles. The van der Waals surface area contributed by atoms with Crippen LogP contribution in [0.15, 0.2) is 36.7 Å². The van der Waals surface area contributed by atoms with Crippen molar-refractivity contribution in [2.24, 2.45) is 7.05 Å². The number of aromatic nitrogens is 2. The standard InChI is InChI=1S/C14H15N5O/c1-18(9-11-8-16-19(2)10-11)14(20)17-13-6-4-3-5-12(13)7-15/h3-6,8,10H,9H2,1-2H3,(H,17,20). The van der Waals surface area contributed by atoms with Gasteiger partial charge in [0.2, 0.25) is 0 Å². The van der Waals surface area contributed by atoms with Crippen LogP contribution in [0.25, 0.3) is 0 Å². The minimum Gasteiger partial charge on any atom is -0.323 e. The highest BCUT2D eigenvalue weighted by atomic mass is 16.2. The molecule has 0 unspecified atom stereocenters. The van der Waals surface area contributed by atoms with E-state index in [9.17, 15) is 4.79 Å². The van der Waals surface area contributed by atoms with Crippen molar-refractivity contribution in [3.8, 4) is 6.07 Å². The van der Waals surface area contributed by atoms with Crippen LogP contribution in [0.3, 0.4) is 0 Å². The number of benzene rings is 1. The molecule has 0 spiro atoms. The first kappa shape index (κ1) is 13.6. The second kappa shape index (κ2) is 5.89. The van der Waals surface area contributed by atoms with E-state index in [2.05, 4.69) is 10.4 Å². The Kier molecular flexibility index (Phi) is 4.01. The molecule has 2 aromatic rings. The molecule has 1 heterocycles. The minimum atomic E-state index is -0.267. The lowest BCUT2D eigenvalue weighted by Gasteiger charge is -2.17. The zero-order valence-electron chi connectivity index (χ0n) is 11.4. The molecule has 6 heteroatoms. The third kappa shape index (κ3) is 3.14. The van der Waals surface area contributed by atoms with E-state index in [1.165, 1.54) is 4.90 Å². The lowest BCUT2D eigenvalue weighted by molar-refractivity contribution is 0.220. The maximum atomic E-state index is 12.1. The van der Waals surface area contributed by atoms with E-state index in [1.54, 1.807) is 42.2 Å². The Hall–Kier alpha value is -2.81. The number of rotatable bonds is 3. The smallest absolute Gasteiger partial charge is 0.321 e. The van der Waals surface area contributed by atoms with Crippen molar-refractivity contribution < 1.29 is 4.79 Å². The Morgan fingerprint density at radius 1 is 1.50 bits per heavy atom. The topological polar surface area (TPSA) is 74.0 Å². The Balaban J connectivity index is 2.02. The molecule has 0 atom stereocenters. The lowest BCUT2D eigenvalue weighted by atomic mass is 10.2. The van der Waals surface area contributed by atoms with Gasteiger partial charge in [-0.25, -0.2) is 4.79 Å². The number of nitrogens with one attached hydrogen (secondary N) is 1. The summed E-state index contributed by atoms with van der Waals surface area (Å²) in [6.07, 6.45) is 3.57. The van der Waals surface area contributed by atoms with Gasteiger partial charge in [-0.2, -0.15) is 10.4 Å². The zero-order chi connectivity index (χ0) is 14.5. The third-order valence-corrected chi connectivity index (χ3v) is 2.81. The van der Waals surface area contributed by atoms with Crippen molar-refractivity contribution in [3.05, 3.63) is 47.8 Å². The van der Waals surface area contributed by atoms with Crippen LogP contribution in [0.2, 0.25) is 0 Å². The van der Waals surface area contributed by atoms with E-state index in [1.807, 2.05) is 19.3 Å². The van der Waals surface area contributed by atoms with Gasteiger partial charge in [0.05, 0.1) is 24.0 Å². The third-order valence-electron chi connectivity index (χ3n) is 2.81. The molecule has 0 radical (unpaired) electrons. The van der Waals surface area contributed by atoms with Gasteiger partial charge in [-0.15, -0.1) is 0 Å². The number of urea groups is 1. The first-order valence-electron chi connectivity index (χ1n) is 6.09. The number of carbonyl (C=O) groups is 1. The van der Waals surface area contributed by atoms with Crippen molar-refractivity contribution in [2.45, 2.75) is 6.54 Å². The predicted octanol–water partition coefficient (Wildman–Crippen LogP) is 1.96. The SMILES string of the molecule is CN(Cc1cnn(C)c1)C(=O)Nc1ccccc1C#N. The quantitative estimate of drug-likeness (QED) is 0.925. The maximum Gasteiger partial charge on any atom is 0.321 e. The van der Waals surface area contributed by atoms with Gasteiger partial charge < -0.3 is 10.2 Å². The summed E-state index contributed by atoms with van der Waals surface area (Å²) in [5, 5.41) is 15.8. The summed E-state index contributed by atoms with van der Waals surface area (Å²) in [6, 6.07) is 8.68. The van der Waals surface area contributed by atoms with Gasteiger partial charge in [-0.05, 0) is 12.1 Å². The highest BCUT2D eigenvalue weighted by Gasteiger charge is 2.12. The summed E-state index contributed by atoms with van der Waals surface area (Å²) in [5.41, 5.74) is 1.90. The van der Waals surface area contributed by atoms with Crippen LogP contribution in [0.5, 0.6) is 0 Å². The number of hydrogen-bond donors (Lipinski definition) is 1. The number of anilines is 1. The highest BCUT2D eigenvalue weighted by molar-refractivity contribution is 5.90. The maximum absolute atomic E-state index is 12.1. The van der Waals surface area contributed by atoms with Crippen molar-refractivity contribution in [1.29, 1.82) is 5.26 Å². The molecule has 20 heavy (non-hydrogen) atoms. The Labute approximate surface area is 117 Å². The fraction of sp³-hybridized carbons (Fsp3) is 0.214. The molecular weight excluding hydrogens is 254 g/mol. The van der Waals surface area contributed by atoms with E-state index >= 15 is 0 Å². The largest absolute Gasteiger partial charge is 0.323 e. The first-order chi connectivity index (χ1) is 9.60. The van der Waals surface area contributed by atoms with Gasteiger partial charge in [0, 0.05) is 25.9 Å². The molecule has 1 N–H and O–H groups in total. The zero-order valence-corrected chi connectivity index (χ0v) is 11.4. The molecule has 102 valence electrons. The van der Waals surface area contributed by atoms with Crippen molar-refractivity contribution in [2.75, 3.05) is 12.4 Å². The summed E-state index contributed by atoms with van der Waals surface area (Å²) in [7, 11) is 3.52. The lowest BCUT2D eigenvalue weighted by Crippen LogP contribution is -2.31. The molecular formula is C14H15N5O. The van der Waals surface area contributed by atoms with Gasteiger partial charge in [-0.1, -0.05) is 12.1 Å². The average molecular weight is 269 g/mol. The molecule has 0 aliphatic rings. The molecule has 0 bridgehead atoms. The van der Waals surface area contributed by atoms with E-state index in [0.29, 0.717) is 17.8 Å². The number of nitriles is 1.